The van der Waals surface area contributed by atoms with Gasteiger partial charge in [-0.3, -0.25) is 14.9 Å². The second-order valence-corrected chi connectivity index (χ2v) is 4.70. The Balaban J connectivity index is 0.00000220. The zero-order valence-corrected chi connectivity index (χ0v) is 12.2. The van der Waals surface area contributed by atoms with Crippen LogP contribution in [-0.2, 0) is 16.1 Å². The SMILES string of the molecule is Cl.NC[C@H]1CC[C@@H](C(=O)NCc2ccc([N+](=O)[O-])cc2)O1. The van der Waals surface area contributed by atoms with Crippen LogP contribution in [0.4, 0.5) is 5.69 Å². The van der Waals surface area contributed by atoms with Crippen LogP contribution < -0.4 is 11.1 Å². The Morgan fingerprint density at radius 3 is 2.57 bits per heavy atom. The van der Waals surface area contributed by atoms with Gasteiger partial charge in [0.25, 0.3) is 5.69 Å². The Hall–Kier alpha value is -1.70. The van der Waals surface area contributed by atoms with E-state index in [0.717, 1.165) is 12.0 Å². The molecule has 2 atom stereocenters. The van der Waals surface area contributed by atoms with Crippen molar-refractivity contribution >= 4 is 24.0 Å². The van der Waals surface area contributed by atoms with Crippen molar-refractivity contribution in [2.45, 2.75) is 31.6 Å². The highest BCUT2D eigenvalue weighted by molar-refractivity contribution is 5.85. The maximum absolute atomic E-state index is 11.9. The molecule has 0 saturated carbocycles. The smallest absolute Gasteiger partial charge is 0.269 e. The Bertz CT molecular complexity index is 495. The van der Waals surface area contributed by atoms with Crippen molar-refractivity contribution in [2.75, 3.05) is 6.54 Å². The predicted molar refractivity (Wildman–Crippen MR) is 79.1 cm³/mol. The molecule has 1 aromatic rings. The molecule has 0 radical (unpaired) electrons. The quantitative estimate of drug-likeness (QED) is 0.625. The summed E-state index contributed by atoms with van der Waals surface area (Å²) in [6, 6.07) is 6.07. The molecule has 1 fully saturated rings. The van der Waals surface area contributed by atoms with Crippen LogP contribution in [0, 0.1) is 10.1 Å². The van der Waals surface area contributed by atoms with Gasteiger partial charge >= 0.3 is 0 Å². The predicted octanol–water partition coefficient (Wildman–Crippen LogP) is 1.14. The minimum Gasteiger partial charge on any atom is -0.364 e. The fourth-order valence-electron chi connectivity index (χ4n) is 2.11. The van der Waals surface area contributed by atoms with Crippen LogP contribution >= 0.6 is 12.4 Å². The van der Waals surface area contributed by atoms with Gasteiger partial charge in [0.05, 0.1) is 11.0 Å². The van der Waals surface area contributed by atoms with Crippen molar-refractivity contribution in [1.82, 2.24) is 5.32 Å². The Morgan fingerprint density at radius 1 is 1.38 bits per heavy atom. The van der Waals surface area contributed by atoms with Gasteiger partial charge in [0, 0.05) is 25.2 Å². The third kappa shape index (κ3) is 4.66. The van der Waals surface area contributed by atoms with Crippen molar-refractivity contribution in [3.8, 4) is 0 Å². The van der Waals surface area contributed by atoms with Crippen molar-refractivity contribution in [3.63, 3.8) is 0 Å². The van der Waals surface area contributed by atoms with Crippen molar-refractivity contribution in [3.05, 3.63) is 39.9 Å². The molecule has 2 rings (SSSR count). The first-order chi connectivity index (χ1) is 9.60. The number of nitrogens with one attached hydrogen (secondary N) is 1. The highest BCUT2D eigenvalue weighted by Gasteiger charge is 2.29. The molecule has 1 saturated heterocycles. The summed E-state index contributed by atoms with van der Waals surface area (Å²) < 4.78 is 5.49. The number of benzene rings is 1. The third-order valence-corrected chi connectivity index (χ3v) is 3.28. The lowest BCUT2D eigenvalue weighted by Crippen LogP contribution is -2.35. The lowest BCUT2D eigenvalue weighted by atomic mass is 10.1. The number of nitro benzene ring substituents is 1. The van der Waals surface area contributed by atoms with Gasteiger partial charge in [0.15, 0.2) is 0 Å². The number of non-ortho nitro benzene ring substituents is 1. The van der Waals surface area contributed by atoms with Crippen molar-refractivity contribution in [1.29, 1.82) is 0 Å². The van der Waals surface area contributed by atoms with Crippen LogP contribution in [0.2, 0.25) is 0 Å². The lowest BCUT2D eigenvalue weighted by Gasteiger charge is -2.12. The van der Waals surface area contributed by atoms with E-state index in [2.05, 4.69) is 5.32 Å². The highest BCUT2D eigenvalue weighted by atomic mass is 35.5. The zero-order chi connectivity index (χ0) is 14.5. The summed E-state index contributed by atoms with van der Waals surface area (Å²) in [5.41, 5.74) is 6.32. The summed E-state index contributed by atoms with van der Waals surface area (Å²) in [5.74, 6) is -0.167. The number of halogens is 1. The zero-order valence-electron chi connectivity index (χ0n) is 11.4. The summed E-state index contributed by atoms with van der Waals surface area (Å²) in [6.07, 6.45) is 0.992. The Labute approximate surface area is 128 Å². The van der Waals surface area contributed by atoms with E-state index in [9.17, 15) is 14.9 Å². The molecule has 0 aromatic heterocycles. The normalized spacial score (nSPS) is 20.6. The van der Waals surface area contributed by atoms with Gasteiger partial charge in [-0.2, -0.15) is 0 Å². The van der Waals surface area contributed by atoms with Crippen LogP contribution in [0.15, 0.2) is 24.3 Å². The van der Waals surface area contributed by atoms with Crippen LogP contribution in [0.5, 0.6) is 0 Å². The molecular formula is C13H18ClN3O4. The number of nitrogens with zero attached hydrogens (tertiary/aromatic N) is 1. The summed E-state index contributed by atoms with van der Waals surface area (Å²) in [4.78, 5) is 21.9. The topological polar surface area (TPSA) is 107 Å². The highest BCUT2D eigenvalue weighted by Crippen LogP contribution is 2.19. The molecular weight excluding hydrogens is 298 g/mol. The first-order valence-electron chi connectivity index (χ1n) is 6.46. The first-order valence-corrected chi connectivity index (χ1v) is 6.46. The van der Waals surface area contributed by atoms with Gasteiger partial charge in [-0.05, 0) is 18.4 Å². The van der Waals surface area contributed by atoms with E-state index in [1.165, 1.54) is 12.1 Å². The Morgan fingerprint density at radius 2 is 2.05 bits per heavy atom. The van der Waals surface area contributed by atoms with E-state index in [0.29, 0.717) is 19.5 Å². The average molecular weight is 316 g/mol. The average Bonchev–Trinajstić information content (AvgIpc) is 2.94. The molecule has 0 aliphatic carbocycles. The van der Waals surface area contributed by atoms with Gasteiger partial charge in [0.1, 0.15) is 6.10 Å². The number of hydrogen-bond donors (Lipinski definition) is 2. The maximum Gasteiger partial charge on any atom is 0.269 e. The number of hydrogen-bond acceptors (Lipinski definition) is 5. The summed E-state index contributed by atoms with van der Waals surface area (Å²) >= 11 is 0. The van der Waals surface area contributed by atoms with Gasteiger partial charge in [-0.15, -0.1) is 12.4 Å². The van der Waals surface area contributed by atoms with Gasteiger partial charge < -0.3 is 15.8 Å². The molecule has 1 aliphatic rings. The fourth-order valence-corrected chi connectivity index (χ4v) is 2.11. The summed E-state index contributed by atoms with van der Waals surface area (Å²) in [5, 5.41) is 13.3. The number of ether oxygens (including phenoxy) is 1. The molecule has 1 aromatic carbocycles. The van der Waals surface area contributed by atoms with Crippen LogP contribution in [-0.4, -0.2) is 29.6 Å². The maximum atomic E-state index is 11.9. The number of rotatable bonds is 5. The molecule has 0 bridgehead atoms. The van der Waals surface area contributed by atoms with Crippen LogP contribution in [0.1, 0.15) is 18.4 Å². The second-order valence-electron chi connectivity index (χ2n) is 4.70. The molecule has 21 heavy (non-hydrogen) atoms. The molecule has 8 heteroatoms. The number of carbonyl (C=O) groups excluding carboxylic acids is 1. The molecule has 7 nitrogen and oxygen atoms in total. The monoisotopic (exact) mass is 315 g/mol. The van der Waals surface area contributed by atoms with Crippen molar-refractivity contribution < 1.29 is 14.5 Å². The van der Waals surface area contributed by atoms with Crippen LogP contribution in [0.25, 0.3) is 0 Å². The standard InChI is InChI=1S/C13H17N3O4.ClH/c14-7-11-5-6-12(20-11)13(17)15-8-9-1-3-10(4-2-9)16(18)19;/h1-4,11-12H,5-8,14H2,(H,15,17);1H/t11-,12+;/m1./s1. The fraction of sp³-hybridized carbons (Fsp3) is 0.462. The van der Waals surface area contributed by atoms with Gasteiger partial charge in [-0.1, -0.05) is 12.1 Å². The summed E-state index contributed by atoms with van der Waals surface area (Å²) in [7, 11) is 0. The number of amides is 1. The molecule has 3 N–H and O–H groups in total. The summed E-state index contributed by atoms with van der Waals surface area (Å²) in [6.45, 7) is 0.746. The Kier molecular flexibility index (Phi) is 6.54. The molecule has 1 aliphatic heterocycles. The van der Waals surface area contributed by atoms with Crippen molar-refractivity contribution in [2.24, 2.45) is 5.73 Å². The third-order valence-electron chi connectivity index (χ3n) is 3.28. The van der Waals surface area contributed by atoms with E-state index in [1.807, 2.05) is 0 Å². The van der Waals surface area contributed by atoms with E-state index in [-0.39, 0.29) is 30.1 Å². The van der Waals surface area contributed by atoms with E-state index < -0.39 is 11.0 Å². The van der Waals surface area contributed by atoms with Gasteiger partial charge in [-0.25, -0.2) is 0 Å². The first kappa shape index (κ1) is 17.4. The molecule has 0 spiro atoms. The number of carbonyl (C=O) groups is 1. The molecule has 0 unspecified atom stereocenters. The number of nitrogens with two attached hydrogens (primary N) is 1. The minimum atomic E-state index is -0.457. The minimum absolute atomic E-state index is 0. The molecule has 1 heterocycles. The van der Waals surface area contributed by atoms with E-state index in [1.54, 1.807) is 12.1 Å². The van der Waals surface area contributed by atoms with E-state index >= 15 is 0 Å². The largest absolute Gasteiger partial charge is 0.364 e. The number of nitro groups is 1. The van der Waals surface area contributed by atoms with Gasteiger partial charge in [0.2, 0.25) is 5.91 Å². The second kappa shape index (κ2) is 7.92. The van der Waals surface area contributed by atoms with Crippen LogP contribution in [0.3, 0.4) is 0 Å². The molecule has 116 valence electrons. The van der Waals surface area contributed by atoms with E-state index in [4.69, 9.17) is 10.5 Å². The lowest BCUT2D eigenvalue weighted by molar-refractivity contribution is -0.384. The molecule has 1 amide bonds.